The lowest BCUT2D eigenvalue weighted by Crippen LogP contribution is -2.23. The molecule has 1 amide bonds. The molecule has 1 N–H and O–H groups in total. The van der Waals surface area contributed by atoms with Crippen molar-refractivity contribution in [1.82, 2.24) is 10.3 Å². The van der Waals surface area contributed by atoms with Gasteiger partial charge in [-0.15, -0.1) is 0 Å². The van der Waals surface area contributed by atoms with Crippen LogP contribution in [0.4, 0.5) is 0 Å². The molecule has 0 saturated heterocycles. The Balaban J connectivity index is 1.73. The Bertz CT molecular complexity index is 1390. The minimum Gasteiger partial charge on any atom is -0.493 e. The number of hydrogen-bond acceptors (Lipinski definition) is 4. The molecule has 0 unspecified atom stereocenters. The van der Waals surface area contributed by atoms with E-state index in [4.69, 9.17) is 14.5 Å². The smallest absolute Gasteiger partial charge is 0.252 e. The first-order chi connectivity index (χ1) is 17.3. The molecule has 0 aliphatic heterocycles. The standard InChI is InChI=1S/C31H32N2O3/c1-19-9-20(2)12-24(11-19)27-18-32-28(25-13-21(3)10-22(4)14-25)16-26(27)31(34)33-17-23-7-8-29(35-5)30(15-23)36-6/h7-16,18H,17H2,1-6H3,(H,33,34). The largest absolute Gasteiger partial charge is 0.493 e. The fourth-order valence-corrected chi connectivity index (χ4v) is 4.55. The third kappa shape index (κ3) is 5.57. The first-order valence-electron chi connectivity index (χ1n) is 11.9. The Morgan fingerprint density at radius 2 is 1.33 bits per heavy atom. The van der Waals surface area contributed by atoms with Gasteiger partial charge in [0.25, 0.3) is 5.91 Å². The summed E-state index contributed by atoms with van der Waals surface area (Å²) in [6, 6.07) is 20.1. The van der Waals surface area contributed by atoms with Crippen molar-refractivity contribution in [3.05, 3.63) is 100 Å². The topological polar surface area (TPSA) is 60.5 Å². The van der Waals surface area contributed by atoms with E-state index in [-0.39, 0.29) is 5.91 Å². The van der Waals surface area contributed by atoms with E-state index >= 15 is 0 Å². The minimum atomic E-state index is -0.160. The zero-order valence-corrected chi connectivity index (χ0v) is 21.7. The number of nitrogens with one attached hydrogen (secondary N) is 1. The molecule has 184 valence electrons. The van der Waals surface area contributed by atoms with Gasteiger partial charge in [-0.05, 0) is 69.2 Å². The van der Waals surface area contributed by atoms with E-state index in [0.717, 1.165) is 50.2 Å². The number of aromatic nitrogens is 1. The number of aryl methyl sites for hydroxylation is 4. The van der Waals surface area contributed by atoms with Crippen LogP contribution in [0.5, 0.6) is 11.5 Å². The van der Waals surface area contributed by atoms with Crippen LogP contribution in [-0.2, 0) is 6.54 Å². The van der Waals surface area contributed by atoms with Crippen molar-refractivity contribution < 1.29 is 14.3 Å². The van der Waals surface area contributed by atoms with Crippen molar-refractivity contribution in [2.75, 3.05) is 14.2 Å². The molecule has 0 saturated carbocycles. The van der Waals surface area contributed by atoms with Crippen LogP contribution in [-0.4, -0.2) is 25.1 Å². The third-order valence-corrected chi connectivity index (χ3v) is 6.10. The van der Waals surface area contributed by atoms with Gasteiger partial charge in [0.15, 0.2) is 11.5 Å². The van der Waals surface area contributed by atoms with Crippen molar-refractivity contribution >= 4 is 5.91 Å². The van der Waals surface area contributed by atoms with Crippen molar-refractivity contribution in [2.24, 2.45) is 0 Å². The average Bonchev–Trinajstić information content (AvgIpc) is 2.85. The molecule has 0 radical (unpaired) electrons. The number of carbonyl (C=O) groups is 1. The number of carbonyl (C=O) groups excluding carboxylic acids is 1. The monoisotopic (exact) mass is 480 g/mol. The highest BCUT2D eigenvalue weighted by atomic mass is 16.5. The molecule has 0 aliphatic carbocycles. The molecule has 36 heavy (non-hydrogen) atoms. The number of nitrogens with zero attached hydrogens (tertiary/aromatic N) is 1. The van der Waals surface area contributed by atoms with E-state index in [1.807, 2.05) is 30.5 Å². The van der Waals surface area contributed by atoms with Gasteiger partial charge in [-0.1, -0.05) is 52.6 Å². The second-order valence-corrected chi connectivity index (χ2v) is 9.24. The Morgan fingerprint density at radius 3 is 1.92 bits per heavy atom. The predicted molar refractivity (Wildman–Crippen MR) is 145 cm³/mol. The van der Waals surface area contributed by atoms with Crippen LogP contribution in [0.15, 0.2) is 66.9 Å². The number of pyridine rings is 1. The maximum atomic E-state index is 13.6. The molecule has 0 aliphatic rings. The van der Waals surface area contributed by atoms with Crippen molar-refractivity contribution in [3.8, 4) is 33.9 Å². The van der Waals surface area contributed by atoms with Crippen molar-refractivity contribution in [1.29, 1.82) is 0 Å². The summed E-state index contributed by atoms with van der Waals surface area (Å²) in [5.74, 6) is 1.12. The molecule has 0 atom stereocenters. The van der Waals surface area contributed by atoms with Crippen LogP contribution >= 0.6 is 0 Å². The summed E-state index contributed by atoms with van der Waals surface area (Å²) in [6.07, 6.45) is 1.81. The highest BCUT2D eigenvalue weighted by Crippen LogP contribution is 2.30. The van der Waals surface area contributed by atoms with Crippen LogP contribution in [0.1, 0.15) is 38.2 Å². The first kappa shape index (κ1) is 25.0. The molecule has 1 heterocycles. The summed E-state index contributed by atoms with van der Waals surface area (Å²) in [6.45, 7) is 8.61. The molecule has 3 aromatic carbocycles. The predicted octanol–water partition coefficient (Wildman–Crippen LogP) is 6.60. The van der Waals surface area contributed by atoms with Gasteiger partial charge in [0, 0.05) is 23.9 Å². The average molecular weight is 481 g/mol. The molecule has 0 bridgehead atoms. The van der Waals surface area contributed by atoms with Crippen LogP contribution in [0, 0.1) is 27.7 Å². The molecule has 0 spiro atoms. The highest BCUT2D eigenvalue weighted by molar-refractivity contribution is 6.01. The molecule has 1 aromatic heterocycles. The Hall–Kier alpha value is -4.12. The summed E-state index contributed by atoms with van der Waals surface area (Å²) >= 11 is 0. The number of benzene rings is 3. The Morgan fingerprint density at radius 1 is 0.750 bits per heavy atom. The maximum absolute atomic E-state index is 13.6. The number of rotatable bonds is 7. The summed E-state index contributed by atoms with van der Waals surface area (Å²) in [5.41, 5.74) is 9.64. The van der Waals surface area contributed by atoms with Gasteiger partial charge < -0.3 is 14.8 Å². The normalized spacial score (nSPS) is 10.7. The van der Waals surface area contributed by atoms with Gasteiger partial charge in [0.05, 0.1) is 25.5 Å². The SMILES string of the molecule is COc1ccc(CNC(=O)c2cc(-c3cc(C)cc(C)c3)ncc2-c2cc(C)cc(C)c2)cc1OC. The second-order valence-electron chi connectivity index (χ2n) is 9.24. The van der Waals surface area contributed by atoms with Crippen LogP contribution in [0.2, 0.25) is 0 Å². The van der Waals surface area contributed by atoms with Crippen LogP contribution in [0.25, 0.3) is 22.4 Å². The van der Waals surface area contributed by atoms with E-state index in [9.17, 15) is 4.79 Å². The van der Waals surface area contributed by atoms with Gasteiger partial charge in [-0.25, -0.2) is 0 Å². The number of ether oxygens (including phenoxy) is 2. The fourth-order valence-electron chi connectivity index (χ4n) is 4.55. The zero-order chi connectivity index (χ0) is 25.8. The lowest BCUT2D eigenvalue weighted by molar-refractivity contribution is 0.0951. The Kier molecular flexibility index (Phi) is 7.39. The highest BCUT2D eigenvalue weighted by Gasteiger charge is 2.17. The number of methoxy groups -OCH3 is 2. The third-order valence-electron chi connectivity index (χ3n) is 6.10. The van der Waals surface area contributed by atoms with Gasteiger partial charge in [0.2, 0.25) is 0 Å². The quantitative estimate of drug-likeness (QED) is 0.324. The summed E-state index contributed by atoms with van der Waals surface area (Å²) in [7, 11) is 3.20. The molecule has 4 rings (SSSR count). The van der Waals surface area contributed by atoms with E-state index in [1.54, 1.807) is 14.2 Å². The zero-order valence-electron chi connectivity index (χ0n) is 21.7. The lowest BCUT2D eigenvalue weighted by atomic mass is 9.95. The lowest BCUT2D eigenvalue weighted by Gasteiger charge is -2.15. The van der Waals surface area contributed by atoms with Crippen LogP contribution < -0.4 is 14.8 Å². The molecular formula is C31H32N2O3. The molecule has 5 heteroatoms. The molecule has 4 aromatic rings. The number of amides is 1. The molecule has 0 fully saturated rings. The Labute approximate surface area is 213 Å². The first-order valence-corrected chi connectivity index (χ1v) is 11.9. The van der Waals surface area contributed by atoms with Gasteiger partial charge >= 0.3 is 0 Å². The van der Waals surface area contributed by atoms with Gasteiger partial charge in [0.1, 0.15) is 0 Å². The minimum absolute atomic E-state index is 0.160. The van der Waals surface area contributed by atoms with Crippen LogP contribution in [0.3, 0.4) is 0 Å². The molecule has 5 nitrogen and oxygen atoms in total. The fraction of sp³-hybridized carbons (Fsp3) is 0.226. The van der Waals surface area contributed by atoms with E-state index in [0.29, 0.717) is 23.6 Å². The maximum Gasteiger partial charge on any atom is 0.252 e. The summed E-state index contributed by atoms with van der Waals surface area (Å²) in [4.78, 5) is 18.3. The molecular weight excluding hydrogens is 448 g/mol. The van der Waals surface area contributed by atoms with E-state index < -0.39 is 0 Å². The second kappa shape index (κ2) is 10.6. The van der Waals surface area contributed by atoms with Gasteiger partial charge in [-0.3, -0.25) is 9.78 Å². The summed E-state index contributed by atoms with van der Waals surface area (Å²) < 4.78 is 10.7. The van der Waals surface area contributed by atoms with Crippen molar-refractivity contribution in [3.63, 3.8) is 0 Å². The number of hydrogen-bond donors (Lipinski definition) is 1. The van der Waals surface area contributed by atoms with Gasteiger partial charge in [-0.2, -0.15) is 0 Å². The van der Waals surface area contributed by atoms with Crippen molar-refractivity contribution in [2.45, 2.75) is 34.2 Å². The van der Waals surface area contributed by atoms with E-state index in [1.165, 1.54) is 0 Å². The van der Waals surface area contributed by atoms with E-state index in [2.05, 4.69) is 69.4 Å². The summed E-state index contributed by atoms with van der Waals surface area (Å²) in [5, 5.41) is 3.08.